The lowest BCUT2D eigenvalue weighted by Crippen LogP contribution is -2.12. The summed E-state index contributed by atoms with van der Waals surface area (Å²) in [5, 5.41) is 0. The van der Waals surface area contributed by atoms with Crippen LogP contribution >= 0.6 is 0 Å². The number of rotatable bonds is 4. The zero-order chi connectivity index (χ0) is 10.6. The molecule has 0 amide bonds. The van der Waals surface area contributed by atoms with Gasteiger partial charge >= 0.3 is 0 Å². The summed E-state index contributed by atoms with van der Waals surface area (Å²) in [6.45, 7) is 12.6. The van der Waals surface area contributed by atoms with Gasteiger partial charge in [0.25, 0.3) is 0 Å². The van der Waals surface area contributed by atoms with E-state index in [2.05, 4.69) is 27.0 Å². The summed E-state index contributed by atoms with van der Waals surface area (Å²) >= 11 is 0. The van der Waals surface area contributed by atoms with Crippen molar-refractivity contribution >= 4 is 0 Å². The fourth-order valence-electron chi connectivity index (χ4n) is 1.79. The van der Waals surface area contributed by atoms with Gasteiger partial charge in [0, 0.05) is 6.42 Å². The highest BCUT2D eigenvalue weighted by Gasteiger charge is 2.20. The molecule has 14 heavy (non-hydrogen) atoms. The molecule has 0 N–H and O–H groups in total. The van der Waals surface area contributed by atoms with E-state index in [0.717, 1.165) is 18.6 Å². The molecule has 0 saturated heterocycles. The van der Waals surface area contributed by atoms with Crippen LogP contribution in [-0.4, -0.2) is 6.61 Å². The smallest absolute Gasteiger partial charge is 0.106 e. The third-order valence-corrected chi connectivity index (χ3v) is 2.85. The van der Waals surface area contributed by atoms with Crippen molar-refractivity contribution < 1.29 is 4.74 Å². The first kappa shape index (κ1) is 11.1. The predicted molar refractivity (Wildman–Crippen MR) is 61.0 cm³/mol. The van der Waals surface area contributed by atoms with Crippen molar-refractivity contribution in [1.29, 1.82) is 0 Å². The van der Waals surface area contributed by atoms with E-state index >= 15 is 0 Å². The molecule has 0 aromatic rings. The first-order valence-electron chi connectivity index (χ1n) is 5.23. The highest BCUT2D eigenvalue weighted by Crippen LogP contribution is 2.33. The van der Waals surface area contributed by atoms with Gasteiger partial charge < -0.3 is 4.74 Å². The molecule has 1 atom stereocenters. The van der Waals surface area contributed by atoms with Crippen molar-refractivity contribution in [3.05, 3.63) is 36.1 Å². The van der Waals surface area contributed by atoms with E-state index in [4.69, 9.17) is 4.74 Å². The van der Waals surface area contributed by atoms with Gasteiger partial charge in [-0.15, -0.1) is 0 Å². The van der Waals surface area contributed by atoms with Crippen LogP contribution in [0, 0.1) is 5.92 Å². The van der Waals surface area contributed by atoms with Crippen LogP contribution in [0.3, 0.4) is 0 Å². The van der Waals surface area contributed by atoms with Crippen LogP contribution in [0.4, 0.5) is 0 Å². The minimum atomic E-state index is 0.610. The minimum Gasteiger partial charge on any atom is -0.494 e. The number of ether oxygens (including phenoxy) is 1. The lowest BCUT2D eigenvalue weighted by molar-refractivity contribution is 0.211. The third-order valence-electron chi connectivity index (χ3n) is 2.85. The first-order valence-corrected chi connectivity index (χ1v) is 5.23. The monoisotopic (exact) mass is 192 g/mol. The Morgan fingerprint density at radius 2 is 2.36 bits per heavy atom. The molecule has 1 aliphatic rings. The van der Waals surface area contributed by atoms with Crippen LogP contribution in [0.25, 0.3) is 0 Å². The molecule has 0 bridgehead atoms. The maximum absolute atomic E-state index is 5.65. The Morgan fingerprint density at radius 3 is 2.93 bits per heavy atom. The average Bonchev–Trinajstić information content (AvgIpc) is 2.16. The largest absolute Gasteiger partial charge is 0.494 e. The quantitative estimate of drug-likeness (QED) is 0.615. The summed E-state index contributed by atoms with van der Waals surface area (Å²) in [5.74, 6) is 1.77. The Morgan fingerprint density at radius 1 is 1.64 bits per heavy atom. The fraction of sp³-hybridized carbons (Fsp3) is 0.538. The van der Waals surface area contributed by atoms with Crippen LogP contribution in [0.1, 0.15) is 33.1 Å². The molecule has 0 radical (unpaired) electrons. The summed E-state index contributed by atoms with van der Waals surface area (Å²) in [7, 11) is 0. The molecule has 1 heteroatoms. The number of allylic oxidation sites excluding steroid dienone is 3. The lowest BCUT2D eigenvalue weighted by atomic mass is 9.85. The summed E-state index contributed by atoms with van der Waals surface area (Å²) < 4.78 is 5.65. The molecule has 78 valence electrons. The molecule has 1 rings (SSSR count). The molecule has 0 saturated carbocycles. The minimum absolute atomic E-state index is 0.610. The number of hydrogen-bond donors (Lipinski definition) is 0. The van der Waals surface area contributed by atoms with Gasteiger partial charge in [0.05, 0.1) is 5.76 Å². The highest BCUT2D eigenvalue weighted by atomic mass is 16.5. The summed E-state index contributed by atoms with van der Waals surface area (Å²) in [6.07, 6.45) is 5.19. The van der Waals surface area contributed by atoms with Crippen molar-refractivity contribution in [2.45, 2.75) is 33.1 Å². The van der Waals surface area contributed by atoms with E-state index in [1.165, 1.54) is 17.6 Å². The summed E-state index contributed by atoms with van der Waals surface area (Å²) in [5.41, 5.74) is 2.67. The van der Waals surface area contributed by atoms with Crippen LogP contribution in [0.15, 0.2) is 36.1 Å². The van der Waals surface area contributed by atoms with Crippen molar-refractivity contribution in [2.24, 2.45) is 5.92 Å². The van der Waals surface area contributed by atoms with Gasteiger partial charge in [-0.1, -0.05) is 24.8 Å². The molecule has 0 heterocycles. The molecule has 0 aromatic carbocycles. The molecule has 0 spiro atoms. The van der Waals surface area contributed by atoms with Gasteiger partial charge in [-0.3, -0.25) is 0 Å². The van der Waals surface area contributed by atoms with E-state index in [0.29, 0.717) is 12.5 Å². The van der Waals surface area contributed by atoms with Crippen LogP contribution < -0.4 is 0 Å². The maximum atomic E-state index is 5.65. The molecule has 0 unspecified atom stereocenters. The van der Waals surface area contributed by atoms with Crippen LogP contribution in [0.2, 0.25) is 0 Å². The van der Waals surface area contributed by atoms with E-state index < -0.39 is 0 Å². The molecule has 0 fully saturated rings. The Hall–Kier alpha value is -0.980. The normalized spacial score (nSPS) is 22.0. The Balaban J connectivity index is 2.61. The summed E-state index contributed by atoms with van der Waals surface area (Å²) in [4.78, 5) is 0. The van der Waals surface area contributed by atoms with Gasteiger partial charge in [-0.25, -0.2) is 0 Å². The van der Waals surface area contributed by atoms with Crippen molar-refractivity contribution in [1.82, 2.24) is 0 Å². The van der Waals surface area contributed by atoms with Gasteiger partial charge in [-0.05, 0) is 38.2 Å². The van der Waals surface area contributed by atoms with E-state index in [9.17, 15) is 0 Å². The Labute approximate surface area is 87.2 Å². The second-order valence-corrected chi connectivity index (χ2v) is 4.09. The van der Waals surface area contributed by atoms with Gasteiger partial charge in [0.15, 0.2) is 0 Å². The van der Waals surface area contributed by atoms with E-state index in [1.807, 2.05) is 0 Å². The van der Waals surface area contributed by atoms with Crippen molar-refractivity contribution in [3.63, 3.8) is 0 Å². The fourth-order valence-corrected chi connectivity index (χ4v) is 1.79. The molecular formula is C13H20O. The SMILES string of the molecule is C=CCOC1=C(C)CC[C@H](C(=C)C)C1. The lowest BCUT2D eigenvalue weighted by Gasteiger charge is -2.25. The molecule has 0 aromatic heterocycles. The standard InChI is InChI=1S/C13H20O/c1-5-8-14-13-9-12(10(2)3)7-6-11(13)4/h5,12H,1-2,6-9H2,3-4H3/t12-/m0/s1. The van der Waals surface area contributed by atoms with Gasteiger partial charge in [0.1, 0.15) is 6.61 Å². The van der Waals surface area contributed by atoms with Crippen LogP contribution in [-0.2, 0) is 4.74 Å². The maximum Gasteiger partial charge on any atom is 0.106 e. The zero-order valence-electron chi connectivity index (χ0n) is 9.31. The second kappa shape index (κ2) is 5.04. The Kier molecular flexibility index (Phi) is 3.99. The van der Waals surface area contributed by atoms with Gasteiger partial charge in [0.2, 0.25) is 0 Å². The highest BCUT2D eigenvalue weighted by molar-refractivity contribution is 5.15. The van der Waals surface area contributed by atoms with Crippen LogP contribution in [0.5, 0.6) is 0 Å². The van der Waals surface area contributed by atoms with E-state index in [1.54, 1.807) is 6.08 Å². The van der Waals surface area contributed by atoms with Crippen molar-refractivity contribution in [2.75, 3.05) is 6.61 Å². The average molecular weight is 192 g/mol. The van der Waals surface area contributed by atoms with Gasteiger partial charge in [-0.2, -0.15) is 0 Å². The predicted octanol–water partition coefficient (Wildman–Crippen LogP) is 3.84. The second-order valence-electron chi connectivity index (χ2n) is 4.09. The van der Waals surface area contributed by atoms with E-state index in [-0.39, 0.29) is 0 Å². The topological polar surface area (TPSA) is 9.23 Å². The third kappa shape index (κ3) is 2.76. The molecule has 1 nitrogen and oxygen atoms in total. The number of hydrogen-bond acceptors (Lipinski definition) is 1. The molecule has 1 aliphatic carbocycles. The Bertz CT molecular complexity index is 260. The molecule has 0 aliphatic heterocycles. The molecular weight excluding hydrogens is 172 g/mol. The zero-order valence-corrected chi connectivity index (χ0v) is 9.31. The van der Waals surface area contributed by atoms with Crippen molar-refractivity contribution in [3.8, 4) is 0 Å². The summed E-state index contributed by atoms with van der Waals surface area (Å²) in [6, 6.07) is 0. The first-order chi connectivity index (χ1) is 6.65.